The molecule has 1 atom stereocenters. The monoisotopic (exact) mass is 413 g/mol. The number of hydrogen-bond donors (Lipinski definition) is 2. The standard InChI is InChI=1S/C20H20BrN3O2/c21-15-6-2-1-5-14(15)12-22-19(25)13-8-9-17-16(11-13)23-20(26)18-7-3-4-10-24(17)18/h1-2,5-6,8-9,11,18H,3-4,7,10,12H2,(H,22,25)(H,23,26)/t18-/m1/s1. The number of carbonyl (C=O) groups excluding carboxylic acids is 2. The summed E-state index contributed by atoms with van der Waals surface area (Å²) in [5.74, 6) is -0.124. The largest absolute Gasteiger partial charge is 0.358 e. The van der Waals surface area contributed by atoms with E-state index in [0.717, 1.165) is 47.2 Å². The van der Waals surface area contributed by atoms with E-state index in [1.807, 2.05) is 36.4 Å². The smallest absolute Gasteiger partial charge is 0.251 e. The summed E-state index contributed by atoms with van der Waals surface area (Å²) in [5, 5.41) is 5.90. The minimum absolute atomic E-state index is 0.0305. The number of piperidine rings is 1. The highest BCUT2D eigenvalue weighted by atomic mass is 79.9. The van der Waals surface area contributed by atoms with Crippen LogP contribution in [0.1, 0.15) is 35.2 Å². The van der Waals surface area contributed by atoms with Crippen molar-refractivity contribution in [1.29, 1.82) is 0 Å². The maximum absolute atomic E-state index is 12.5. The Kier molecular flexibility index (Phi) is 4.68. The van der Waals surface area contributed by atoms with Crippen LogP contribution in [0.4, 0.5) is 11.4 Å². The Morgan fingerprint density at radius 3 is 2.92 bits per heavy atom. The van der Waals surface area contributed by atoms with Crippen molar-refractivity contribution in [2.45, 2.75) is 31.8 Å². The van der Waals surface area contributed by atoms with E-state index in [4.69, 9.17) is 0 Å². The van der Waals surface area contributed by atoms with E-state index in [2.05, 4.69) is 31.5 Å². The molecule has 0 unspecified atom stereocenters. The van der Waals surface area contributed by atoms with Crippen LogP contribution in [-0.2, 0) is 11.3 Å². The lowest BCUT2D eigenvalue weighted by Crippen LogP contribution is -2.50. The van der Waals surface area contributed by atoms with Gasteiger partial charge in [0.1, 0.15) is 6.04 Å². The normalized spacial score (nSPS) is 18.6. The van der Waals surface area contributed by atoms with E-state index < -0.39 is 0 Å². The molecular formula is C20H20BrN3O2. The summed E-state index contributed by atoms with van der Waals surface area (Å²) in [6, 6.07) is 13.3. The fourth-order valence-electron chi connectivity index (χ4n) is 3.66. The summed E-state index contributed by atoms with van der Waals surface area (Å²) in [4.78, 5) is 27.1. The third-order valence-electron chi connectivity index (χ3n) is 5.03. The highest BCUT2D eigenvalue weighted by Gasteiger charge is 2.34. The molecule has 2 N–H and O–H groups in total. The predicted octanol–water partition coefficient (Wildman–Crippen LogP) is 3.69. The van der Waals surface area contributed by atoms with E-state index >= 15 is 0 Å². The second-order valence-corrected chi connectivity index (χ2v) is 7.55. The molecule has 0 spiro atoms. The summed E-state index contributed by atoms with van der Waals surface area (Å²) >= 11 is 3.49. The number of nitrogens with zero attached hydrogens (tertiary/aromatic N) is 1. The predicted molar refractivity (Wildman–Crippen MR) is 105 cm³/mol. The number of nitrogens with one attached hydrogen (secondary N) is 2. The van der Waals surface area contributed by atoms with Gasteiger partial charge in [0.15, 0.2) is 0 Å². The van der Waals surface area contributed by atoms with Gasteiger partial charge in [-0.25, -0.2) is 0 Å². The summed E-state index contributed by atoms with van der Waals surface area (Å²) in [6.07, 6.45) is 3.07. The Hall–Kier alpha value is -2.34. The molecule has 2 amide bonds. The van der Waals surface area contributed by atoms with E-state index in [1.54, 1.807) is 6.07 Å². The van der Waals surface area contributed by atoms with Crippen LogP contribution in [0.15, 0.2) is 46.9 Å². The van der Waals surface area contributed by atoms with Gasteiger partial charge in [0.25, 0.3) is 5.91 Å². The van der Waals surface area contributed by atoms with Gasteiger partial charge in [0.05, 0.1) is 11.4 Å². The number of hydrogen-bond acceptors (Lipinski definition) is 3. The first-order valence-electron chi connectivity index (χ1n) is 8.86. The first-order chi connectivity index (χ1) is 12.6. The van der Waals surface area contributed by atoms with Crippen LogP contribution in [0.2, 0.25) is 0 Å². The van der Waals surface area contributed by atoms with E-state index in [9.17, 15) is 9.59 Å². The maximum Gasteiger partial charge on any atom is 0.251 e. The van der Waals surface area contributed by atoms with Crippen LogP contribution in [0.3, 0.4) is 0 Å². The van der Waals surface area contributed by atoms with Gasteiger partial charge in [-0.1, -0.05) is 34.1 Å². The van der Waals surface area contributed by atoms with Gasteiger partial charge >= 0.3 is 0 Å². The molecule has 0 bridgehead atoms. The molecule has 1 saturated heterocycles. The first-order valence-corrected chi connectivity index (χ1v) is 9.66. The van der Waals surface area contributed by atoms with Gasteiger partial charge in [0.2, 0.25) is 5.91 Å². The fraction of sp³-hybridized carbons (Fsp3) is 0.300. The average molecular weight is 414 g/mol. The van der Waals surface area contributed by atoms with Crippen molar-refractivity contribution < 1.29 is 9.59 Å². The topological polar surface area (TPSA) is 61.4 Å². The Morgan fingerprint density at radius 2 is 2.08 bits per heavy atom. The van der Waals surface area contributed by atoms with E-state index in [-0.39, 0.29) is 17.9 Å². The Bertz CT molecular complexity index is 868. The van der Waals surface area contributed by atoms with Crippen LogP contribution in [0.25, 0.3) is 0 Å². The Labute approximate surface area is 160 Å². The molecule has 134 valence electrons. The lowest BCUT2D eigenvalue weighted by Gasteiger charge is -2.41. The van der Waals surface area contributed by atoms with Crippen LogP contribution in [-0.4, -0.2) is 24.4 Å². The molecule has 1 fully saturated rings. The molecule has 0 saturated carbocycles. The van der Waals surface area contributed by atoms with Gasteiger partial charge in [-0.05, 0) is 49.1 Å². The molecule has 2 aliphatic heterocycles. The van der Waals surface area contributed by atoms with Gasteiger partial charge in [-0.2, -0.15) is 0 Å². The van der Waals surface area contributed by atoms with Crippen LogP contribution < -0.4 is 15.5 Å². The molecular weight excluding hydrogens is 394 g/mol. The summed E-state index contributed by atoms with van der Waals surface area (Å²) in [5.41, 5.74) is 3.30. The zero-order valence-electron chi connectivity index (χ0n) is 14.3. The van der Waals surface area contributed by atoms with Crippen molar-refractivity contribution in [3.8, 4) is 0 Å². The minimum atomic E-state index is -0.154. The SMILES string of the molecule is O=C(NCc1ccccc1Br)c1ccc2c(c1)NC(=O)[C@H]1CCCCN21. The van der Waals surface area contributed by atoms with Crippen LogP contribution >= 0.6 is 15.9 Å². The summed E-state index contributed by atoms with van der Waals surface area (Å²) in [7, 11) is 0. The molecule has 2 aliphatic rings. The Balaban J connectivity index is 1.52. The number of fused-ring (bicyclic) bond motifs is 3. The van der Waals surface area contributed by atoms with Gasteiger partial charge < -0.3 is 15.5 Å². The van der Waals surface area contributed by atoms with Gasteiger partial charge in [-0.3, -0.25) is 9.59 Å². The minimum Gasteiger partial charge on any atom is -0.358 e. The molecule has 2 aromatic rings. The highest BCUT2D eigenvalue weighted by molar-refractivity contribution is 9.10. The lowest BCUT2D eigenvalue weighted by atomic mass is 9.97. The number of halogens is 1. The van der Waals surface area contributed by atoms with E-state index in [1.165, 1.54) is 0 Å². The van der Waals surface area contributed by atoms with Crippen molar-refractivity contribution in [3.63, 3.8) is 0 Å². The second kappa shape index (κ2) is 7.11. The number of carbonyl (C=O) groups is 2. The molecule has 6 heteroatoms. The molecule has 26 heavy (non-hydrogen) atoms. The van der Waals surface area contributed by atoms with Gasteiger partial charge in [0, 0.05) is 23.1 Å². The van der Waals surface area contributed by atoms with Crippen molar-refractivity contribution in [2.75, 3.05) is 16.8 Å². The third-order valence-corrected chi connectivity index (χ3v) is 5.80. The van der Waals surface area contributed by atoms with Crippen molar-refractivity contribution in [1.82, 2.24) is 5.32 Å². The van der Waals surface area contributed by atoms with Crippen molar-refractivity contribution >= 4 is 39.1 Å². The number of benzene rings is 2. The van der Waals surface area contributed by atoms with Crippen molar-refractivity contribution in [3.05, 3.63) is 58.1 Å². The lowest BCUT2D eigenvalue weighted by molar-refractivity contribution is -0.118. The second-order valence-electron chi connectivity index (χ2n) is 6.70. The summed E-state index contributed by atoms with van der Waals surface area (Å²) in [6.45, 7) is 1.33. The number of amides is 2. The molecule has 0 radical (unpaired) electrons. The maximum atomic E-state index is 12.5. The van der Waals surface area contributed by atoms with Crippen molar-refractivity contribution in [2.24, 2.45) is 0 Å². The quantitative estimate of drug-likeness (QED) is 0.806. The van der Waals surface area contributed by atoms with Gasteiger partial charge in [-0.15, -0.1) is 0 Å². The molecule has 0 aliphatic carbocycles. The fourth-order valence-corrected chi connectivity index (χ4v) is 4.08. The Morgan fingerprint density at radius 1 is 1.23 bits per heavy atom. The highest BCUT2D eigenvalue weighted by Crippen LogP contribution is 2.36. The molecule has 2 heterocycles. The molecule has 0 aromatic heterocycles. The molecule has 5 nitrogen and oxygen atoms in total. The first kappa shape index (κ1) is 17.1. The van der Waals surface area contributed by atoms with Crippen LogP contribution in [0, 0.1) is 0 Å². The molecule has 2 aromatic carbocycles. The molecule has 4 rings (SSSR count). The zero-order valence-corrected chi connectivity index (χ0v) is 15.9. The average Bonchev–Trinajstić information content (AvgIpc) is 2.67. The third kappa shape index (κ3) is 3.21. The van der Waals surface area contributed by atoms with E-state index in [0.29, 0.717) is 12.1 Å². The number of anilines is 2. The van der Waals surface area contributed by atoms with Crippen LogP contribution in [0.5, 0.6) is 0 Å². The number of rotatable bonds is 3. The zero-order chi connectivity index (χ0) is 18.1. The summed E-state index contributed by atoms with van der Waals surface area (Å²) < 4.78 is 0.967.